The fraction of sp³-hybridized carbons (Fsp3) is 1.00. The first-order valence-electron chi connectivity index (χ1n) is 1.53. The van der Waals surface area contributed by atoms with Gasteiger partial charge in [0.2, 0.25) is 0 Å². The van der Waals surface area contributed by atoms with E-state index in [0.717, 1.165) is 0 Å². The second kappa shape index (κ2) is 8.12. The predicted molar refractivity (Wildman–Crippen MR) is 39.1 cm³/mol. The van der Waals surface area contributed by atoms with Crippen LogP contribution in [-0.2, 0) is 30.5 Å². The van der Waals surface area contributed by atoms with Crippen molar-refractivity contribution in [2.75, 3.05) is 0 Å². The second-order valence-electron chi connectivity index (χ2n) is 1.06. The Kier molecular flexibility index (Phi) is 15.9. The molecule has 12 heavy (non-hydrogen) atoms. The quantitative estimate of drug-likeness (QED) is 0.382. The van der Waals surface area contributed by atoms with E-state index in [9.17, 15) is 9.13 Å². The van der Waals surface area contributed by atoms with Gasteiger partial charge in [0.05, 0.1) is 0 Å². The zero-order valence-corrected chi connectivity index (χ0v) is 7.15. The van der Waals surface area contributed by atoms with Gasteiger partial charge in [-0.1, -0.05) is 7.43 Å². The van der Waals surface area contributed by atoms with E-state index in [0.29, 0.717) is 0 Å². The minimum atomic E-state index is -5.05. The number of hydrogen-bond acceptors (Lipinski definition) is 3. The van der Waals surface area contributed by atoms with Gasteiger partial charge in [0, 0.05) is 17.1 Å². The van der Waals surface area contributed by atoms with E-state index in [4.69, 9.17) is 19.6 Å². The van der Waals surface area contributed by atoms with Crippen LogP contribution in [0.1, 0.15) is 7.43 Å². The third kappa shape index (κ3) is 22.6. The van der Waals surface area contributed by atoms with Gasteiger partial charge >= 0.3 is 45.2 Å². The van der Waals surface area contributed by atoms with E-state index in [-0.39, 0.29) is 54.1 Å². The Labute approximate surface area is 102 Å². The molecule has 0 unspecified atom stereocenters. The van der Waals surface area contributed by atoms with Gasteiger partial charge in [-0.3, -0.25) is 0 Å². The van der Waals surface area contributed by atoms with Crippen molar-refractivity contribution in [1.29, 1.82) is 0 Å². The van der Waals surface area contributed by atoms with Crippen LogP contribution in [0.4, 0.5) is 0 Å². The van der Waals surface area contributed by atoms with Gasteiger partial charge in [-0.25, -0.2) is 9.13 Å². The van der Waals surface area contributed by atoms with Crippen LogP contribution >= 0.6 is 15.6 Å². The van der Waals surface area contributed by atoms with Crippen LogP contribution in [0.5, 0.6) is 0 Å². The van der Waals surface area contributed by atoms with Gasteiger partial charge in [0.15, 0.2) is 0 Å². The average molecular weight is 274 g/mol. The fourth-order valence-electron chi connectivity index (χ4n) is 0.139. The van der Waals surface area contributed by atoms with Gasteiger partial charge in [-0.15, -0.1) is 0 Å². The van der Waals surface area contributed by atoms with Gasteiger partial charge in [0.1, 0.15) is 0 Å². The summed E-state index contributed by atoms with van der Waals surface area (Å²) < 4.78 is 22.2. The van der Waals surface area contributed by atoms with Crippen molar-refractivity contribution in [2.45, 2.75) is 7.43 Å². The Morgan fingerprint density at radius 2 is 1.08 bits per heavy atom. The Morgan fingerprint density at radius 1 is 0.917 bits per heavy atom. The second-order valence-corrected chi connectivity index (χ2v) is 3.68. The first kappa shape index (κ1) is 23.5. The van der Waals surface area contributed by atoms with Crippen molar-refractivity contribution in [3.63, 3.8) is 0 Å². The summed E-state index contributed by atoms with van der Waals surface area (Å²) in [5, 5.41) is 0. The molecule has 7 nitrogen and oxygen atoms in total. The molecule has 0 aliphatic heterocycles. The molecule has 0 amide bonds. The Morgan fingerprint density at radius 3 is 1.08 bits per heavy atom. The molecule has 0 heterocycles. The molecule has 0 bridgehead atoms. The molecular weight excluding hydrogens is 265 g/mol. The Balaban J connectivity index is -0.000000107. The molecule has 0 aromatic carbocycles. The fourth-order valence-corrected chi connectivity index (χ4v) is 1.25. The molecule has 0 aromatic rings. The Bertz CT molecular complexity index is 162. The molecule has 0 radical (unpaired) electrons. The third-order valence-corrected chi connectivity index (χ3v) is 1.91. The van der Waals surface area contributed by atoms with Crippen LogP contribution in [-0.4, -0.2) is 49.1 Å². The summed E-state index contributed by atoms with van der Waals surface area (Å²) in [4.78, 5) is 31.0. The third-order valence-electron chi connectivity index (χ3n) is 0.213. The van der Waals surface area contributed by atoms with Crippen molar-refractivity contribution in [3.8, 4) is 0 Å². The summed E-state index contributed by atoms with van der Waals surface area (Å²) in [6.45, 7) is 0. The van der Waals surface area contributed by atoms with E-state index < -0.39 is 15.6 Å². The molecule has 0 saturated heterocycles. The molecule has 4 N–H and O–H groups in total. The predicted octanol–water partition coefficient (Wildman–Crippen LogP) is -0.827. The summed E-state index contributed by atoms with van der Waals surface area (Å²) in [6, 6.07) is 0. The molecule has 0 aliphatic rings. The first-order chi connectivity index (χ1) is 3.71. The number of phosphoric acid groups is 2. The van der Waals surface area contributed by atoms with Gasteiger partial charge in [0.25, 0.3) is 0 Å². The van der Waals surface area contributed by atoms with Crippen LogP contribution in [0, 0.1) is 0 Å². The van der Waals surface area contributed by atoms with E-state index >= 15 is 0 Å². The summed E-state index contributed by atoms with van der Waals surface area (Å²) in [7, 11) is -10.1. The summed E-state index contributed by atoms with van der Waals surface area (Å²) in [5.74, 6) is 0. The van der Waals surface area contributed by atoms with Crippen LogP contribution in [0.15, 0.2) is 0 Å². The molecule has 0 fully saturated rings. The summed E-state index contributed by atoms with van der Waals surface area (Å²) >= 11 is 0. The van der Waals surface area contributed by atoms with Gasteiger partial charge < -0.3 is 19.6 Å². The normalized spacial score (nSPS) is 10.3. The summed E-state index contributed by atoms with van der Waals surface area (Å²) in [6.07, 6.45) is 0. The van der Waals surface area contributed by atoms with E-state index in [2.05, 4.69) is 4.31 Å². The molecule has 0 aromatic heterocycles. The molecule has 0 spiro atoms. The minimum absolute atomic E-state index is 0. The van der Waals surface area contributed by atoms with Crippen LogP contribution in [0.25, 0.3) is 0 Å². The van der Waals surface area contributed by atoms with Crippen LogP contribution in [0.2, 0.25) is 0 Å². The van der Waals surface area contributed by atoms with Crippen molar-refractivity contribution in [1.82, 2.24) is 0 Å². The average Bonchev–Trinajstić information content (AvgIpc) is 1.14. The van der Waals surface area contributed by atoms with Gasteiger partial charge in [-0.2, -0.15) is 4.31 Å². The van der Waals surface area contributed by atoms with Crippen LogP contribution < -0.4 is 0 Å². The number of hydrogen-bond donors (Lipinski definition) is 4. The van der Waals surface area contributed by atoms with Crippen molar-refractivity contribution >= 4 is 45.2 Å². The monoisotopic (exact) mass is 274 g/mol. The van der Waals surface area contributed by atoms with E-state index in [1.54, 1.807) is 0 Å². The molecule has 0 aliphatic carbocycles. The van der Waals surface area contributed by atoms with Crippen molar-refractivity contribution in [2.24, 2.45) is 0 Å². The molecule has 0 saturated carbocycles. The van der Waals surface area contributed by atoms with Crippen molar-refractivity contribution in [3.05, 3.63) is 0 Å². The molecule has 0 rings (SSSR count). The molecule has 74 valence electrons. The zero-order chi connectivity index (χ0) is 7.71. The van der Waals surface area contributed by atoms with E-state index in [1.807, 2.05) is 0 Å². The summed E-state index contributed by atoms with van der Waals surface area (Å²) in [5.41, 5.74) is 0. The molecular formula is CH9FeNaO7P2. The molecule has 11 heteroatoms. The number of rotatable bonds is 2. The van der Waals surface area contributed by atoms with Gasteiger partial charge in [-0.05, 0) is 0 Å². The van der Waals surface area contributed by atoms with E-state index in [1.165, 1.54) is 0 Å². The SMILES string of the molecule is C.O=P(O)(O)OP(=O)(O)O.[Fe].[NaH]. The maximum absolute atomic E-state index is 9.63. The maximum atomic E-state index is 9.63. The van der Waals surface area contributed by atoms with Crippen LogP contribution in [0.3, 0.4) is 0 Å². The first-order valence-corrected chi connectivity index (χ1v) is 4.59. The zero-order valence-electron chi connectivity index (χ0n) is 4.26. The topological polar surface area (TPSA) is 124 Å². The standard InChI is InChI=1S/CH4.Fe.Na.H4O7P2.H/c;;;1-8(2,3)7-9(4,5)6;/h1H4;;;(H2,1,2,3)(H2,4,5,6);. The Hall–Kier alpha value is 1.78. The van der Waals surface area contributed by atoms with Crippen molar-refractivity contribution < 1.29 is 50.1 Å². The molecule has 0 atom stereocenters.